The van der Waals surface area contributed by atoms with Gasteiger partial charge in [0.15, 0.2) is 10.4 Å². The second-order valence-corrected chi connectivity index (χ2v) is 5.13. The molecule has 0 fully saturated rings. The number of carbonyl (C=O) groups is 1. The van der Waals surface area contributed by atoms with Crippen molar-refractivity contribution in [3.05, 3.63) is 10.3 Å². The summed E-state index contributed by atoms with van der Waals surface area (Å²) >= 11 is 3.20. The van der Waals surface area contributed by atoms with E-state index >= 15 is 0 Å². The molecule has 0 bridgehead atoms. The first kappa shape index (κ1) is 12.3. The van der Waals surface area contributed by atoms with Gasteiger partial charge in [-0.2, -0.15) is 0 Å². The predicted octanol–water partition coefficient (Wildman–Crippen LogP) is 1.15. The van der Waals surface area contributed by atoms with Crippen LogP contribution in [0.1, 0.15) is 31.3 Å². The topological polar surface area (TPSA) is 59.8 Å². The molecule has 0 saturated carbocycles. The normalized spacial score (nSPS) is 11.8. The van der Waals surface area contributed by atoms with Gasteiger partial charge in [-0.15, -0.1) is 5.10 Å². The van der Waals surface area contributed by atoms with E-state index in [-0.39, 0.29) is 17.9 Å². The monoisotopic (exact) mass is 274 g/mol. The van der Waals surface area contributed by atoms with E-state index in [0.29, 0.717) is 10.3 Å². The van der Waals surface area contributed by atoms with Crippen LogP contribution in [-0.4, -0.2) is 32.9 Å². The number of nitrogens with one attached hydrogen (secondary N) is 1. The molecule has 0 aliphatic heterocycles. The van der Waals surface area contributed by atoms with E-state index in [1.807, 2.05) is 20.8 Å². The zero-order valence-electron chi connectivity index (χ0n) is 9.33. The van der Waals surface area contributed by atoms with Crippen molar-refractivity contribution < 1.29 is 4.79 Å². The maximum atomic E-state index is 11.8. The average Bonchev–Trinajstić information content (AvgIpc) is 2.41. The summed E-state index contributed by atoms with van der Waals surface area (Å²) in [5.74, 6) is -0.0238. The molecule has 0 saturated heterocycles. The predicted molar refractivity (Wildman–Crippen MR) is 60.8 cm³/mol. The van der Waals surface area contributed by atoms with Crippen molar-refractivity contribution >= 4 is 21.7 Å². The van der Waals surface area contributed by atoms with Crippen LogP contribution in [0.25, 0.3) is 0 Å². The molecule has 0 spiro atoms. The number of carbonyl (C=O) groups excluding carboxylic acids is 1. The molecule has 0 amide bonds. The van der Waals surface area contributed by atoms with E-state index in [2.05, 4.69) is 31.6 Å². The average molecular weight is 275 g/mol. The molecular weight excluding hydrogens is 260 g/mol. The maximum absolute atomic E-state index is 11.8. The van der Waals surface area contributed by atoms with Crippen LogP contribution in [-0.2, 0) is 7.05 Å². The SMILES string of the molecule is Cn1nnc(Br)c1C(=O)CNC(C)(C)C. The number of rotatable bonds is 3. The Morgan fingerprint density at radius 1 is 1.53 bits per heavy atom. The second kappa shape index (κ2) is 4.40. The fraction of sp³-hybridized carbons (Fsp3) is 0.667. The second-order valence-electron chi connectivity index (χ2n) is 4.38. The first-order chi connectivity index (χ1) is 6.81. The van der Waals surface area contributed by atoms with Gasteiger partial charge in [-0.05, 0) is 36.7 Å². The molecule has 1 aromatic rings. The highest BCUT2D eigenvalue weighted by molar-refractivity contribution is 9.10. The van der Waals surface area contributed by atoms with Crippen LogP contribution in [0.2, 0.25) is 0 Å². The minimum absolute atomic E-state index is 0.0238. The van der Waals surface area contributed by atoms with Crippen LogP contribution in [0.4, 0.5) is 0 Å². The Labute approximate surface area is 97.4 Å². The number of aromatic nitrogens is 3. The molecule has 0 aliphatic rings. The number of hydrogen-bond acceptors (Lipinski definition) is 4. The van der Waals surface area contributed by atoms with Crippen molar-refractivity contribution in [2.45, 2.75) is 26.3 Å². The molecule has 0 aliphatic carbocycles. The highest BCUT2D eigenvalue weighted by atomic mass is 79.9. The number of hydrogen-bond donors (Lipinski definition) is 1. The van der Waals surface area contributed by atoms with Crippen LogP contribution < -0.4 is 5.32 Å². The van der Waals surface area contributed by atoms with Crippen molar-refractivity contribution in [3.63, 3.8) is 0 Å². The minimum Gasteiger partial charge on any atom is -0.305 e. The van der Waals surface area contributed by atoms with E-state index in [4.69, 9.17) is 0 Å². The lowest BCUT2D eigenvalue weighted by Crippen LogP contribution is -2.39. The molecule has 0 unspecified atom stereocenters. The zero-order valence-corrected chi connectivity index (χ0v) is 10.9. The van der Waals surface area contributed by atoms with Crippen molar-refractivity contribution in [3.8, 4) is 0 Å². The van der Waals surface area contributed by atoms with Crippen molar-refractivity contribution in [2.24, 2.45) is 7.05 Å². The third-order valence-electron chi connectivity index (χ3n) is 1.83. The van der Waals surface area contributed by atoms with Crippen molar-refractivity contribution in [1.82, 2.24) is 20.3 Å². The number of Topliss-reactive ketones (excluding diaryl/α,β-unsaturated/α-hetero) is 1. The van der Waals surface area contributed by atoms with Gasteiger partial charge in [-0.25, -0.2) is 4.68 Å². The maximum Gasteiger partial charge on any atom is 0.197 e. The van der Waals surface area contributed by atoms with Gasteiger partial charge in [0.05, 0.1) is 6.54 Å². The zero-order chi connectivity index (χ0) is 11.6. The Morgan fingerprint density at radius 3 is 2.53 bits per heavy atom. The Bertz CT molecular complexity index is 347. The van der Waals surface area contributed by atoms with E-state index < -0.39 is 0 Å². The van der Waals surface area contributed by atoms with E-state index in [1.54, 1.807) is 7.05 Å². The quantitative estimate of drug-likeness (QED) is 0.841. The fourth-order valence-electron chi connectivity index (χ4n) is 1.06. The number of aryl methyl sites for hydroxylation is 1. The van der Waals surface area contributed by atoms with Crippen LogP contribution in [0.3, 0.4) is 0 Å². The summed E-state index contributed by atoms with van der Waals surface area (Å²) in [4.78, 5) is 11.8. The van der Waals surface area contributed by atoms with Gasteiger partial charge in [0.2, 0.25) is 0 Å². The summed E-state index contributed by atoms with van der Waals surface area (Å²) in [5, 5.41) is 10.6. The third kappa shape index (κ3) is 3.39. The lowest BCUT2D eigenvalue weighted by molar-refractivity contribution is 0.0972. The summed E-state index contributed by atoms with van der Waals surface area (Å²) in [7, 11) is 1.70. The van der Waals surface area contributed by atoms with E-state index in [9.17, 15) is 4.79 Å². The standard InChI is InChI=1S/C9H15BrN4O/c1-9(2,3)11-5-6(15)7-8(10)12-13-14(7)4/h11H,5H2,1-4H3. The van der Waals surface area contributed by atoms with Crippen LogP contribution in [0, 0.1) is 0 Å². The highest BCUT2D eigenvalue weighted by Crippen LogP contribution is 2.12. The molecule has 1 rings (SSSR count). The van der Waals surface area contributed by atoms with Gasteiger partial charge in [0, 0.05) is 12.6 Å². The van der Waals surface area contributed by atoms with Crippen LogP contribution in [0.5, 0.6) is 0 Å². The largest absolute Gasteiger partial charge is 0.305 e. The molecule has 0 atom stereocenters. The lowest BCUT2D eigenvalue weighted by Gasteiger charge is -2.19. The number of ketones is 1. The number of halogens is 1. The van der Waals surface area contributed by atoms with Gasteiger partial charge >= 0.3 is 0 Å². The molecule has 1 heterocycles. The summed E-state index contributed by atoms with van der Waals surface area (Å²) < 4.78 is 1.96. The lowest BCUT2D eigenvalue weighted by atomic mass is 10.1. The van der Waals surface area contributed by atoms with E-state index in [1.165, 1.54) is 4.68 Å². The Balaban J connectivity index is 2.70. The van der Waals surface area contributed by atoms with Crippen molar-refractivity contribution in [2.75, 3.05) is 6.54 Å². The van der Waals surface area contributed by atoms with Crippen LogP contribution >= 0.6 is 15.9 Å². The Morgan fingerprint density at radius 2 is 2.13 bits per heavy atom. The third-order valence-corrected chi connectivity index (χ3v) is 2.36. The summed E-state index contributed by atoms with van der Waals surface area (Å²) in [6, 6.07) is 0. The molecule has 5 nitrogen and oxygen atoms in total. The van der Waals surface area contributed by atoms with Crippen molar-refractivity contribution in [1.29, 1.82) is 0 Å². The molecule has 1 N–H and O–H groups in total. The van der Waals surface area contributed by atoms with Gasteiger partial charge < -0.3 is 5.32 Å². The highest BCUT2D eigenvalue weighted by Gasteiger charge is 2.18. The van der Waals surface area contributed by atoms with E-state index in [0.717, 1.165) is 0 Å². The summed E-state index contributed by atoms with van der Waals surface area (Å²) in [6.07, 6.45) is 0. The molecular formula is C9H15BrN4O. The summed E-state index contributed by atoms with van der Waals surface area (Å²) in [5.41, 5.74) is 0.417. The van der Waals surface area contributed by atoms with Gasteiger partial charge in [0.25, 0.3) is 0 Å². The molecule has 0 aromatic carbocycles. The molecule has 15 heavy (non-hydrogen) atoms. The minimum atomic E-state index is -0.0752. The molecule has 1 aromatic heterocycles. The summed E-state index contributed by atoms with van der Waals surface area (Å²) in [6.45, 7) is 6.31. The molecule has 6 heteroatoms. The fourth-order valence-corrected chi connectivity index (χ4v) is 1.61. The smallest absolute Gasteiger partial charge is 0.197 e. The first-order valence-electron chi connectivity index (χ1n) is 4.64. The molecule has 84 valence electrons. The Kier molecular flexibility index (Phi) is 3.62. The first-order valence-corrected chi connectivity index (χ1v) is 5.44. The Hall–Kier alpha value is -0.750. The van der Waals surface area contributed by atoms with Gasteiger partial charge in [0.1, 0.15) is 5.69 Å². The van der Waals surface area contributed by atoms with Gasteiger partial charge in [-0.1, -0.05) is 5.21 Å². The van der Waals surface area contributed by atoms with Gasteiger partial charge in [-0.3, -0.25) is 4.79 Å². The van der Waals surface area contributed by atoms with Crippen LogP contribution in [0.15, 0.2) is 4.60 Å². The number of nitrogens with zero attached hydrogens (tertiary/aromatic N) is 3. The molecule has 0 radical (unpaired) electrons.